The van der Waals surface area contributed by atoms with E-state index in [1.165, 1.54) is 0 Å². The molecule has 2 fully saturated rings. The van der Waals surface area contributed by atoms with Gasteiger partial charge < -0.3 is 24.0 Å². The van der Waals surface area contributed by atoms with Crippen molar-refractivity contribution in [1.82, 2.24) is 15.0 Å². The van der Waals surface area contributed by atoms with Crippen molar-refractivity contribution in [2.45, 2.75) is 0 Å². The van der Waals surface area contributed by atoms with E-state index in [4.69, 9.17) is 14.2 Å². The summed E-state index contributed by atoms with van der Waals surface area (Å²) in [5.74, 6) is 2.35. The fourth-order valence-corrected chi connectivity index (χ4v) is 3.56. The smallest absolute Gasteiger partial charge is 0.250 e. The lowest BCUT2D eigenvalue weighted by Crippen LogP contribution is -2.40. The van der Waals surface area contributed by atoms with Gasteiger partial charge in [-0.3, -0.25) is 0 Å². The molecule has 2 aliphatic rings. The van der Waals surface area contributed by atoms with Gasteiger partial charge in [0, 0.05) is 36.2 Å². The second-order valence-corrected chi connectivity index (χ2v) is 7.63. The van der Waals surface area contributed by atoms with E-state index in [1.54, 1.807) is 13.3 Å². The Morgan fingerprint density at radius 1 is 1.00 bits per heavy atom. The topological polar surface area (TPSA) is 97.2 Å². The second kappa shape index (κ2) is 10.0. The van der Waals surface area contributed by atoms with E-state index in [1.807, 2.05) is 18.2 Å². The third-order valence-corrected chi connectivity index (χ3v) is 5.25. The van der Waals surface area contributed by atoms with E-state index in [0.717, 1.165) is 42.0 Å². The van der Waals surface area contributed by atoms with Crippen molar-refractivity contribution >= 4 is 40.0 Å². The number of hydrazone groups is 1. The Balaban J connectivity index is 1.57. The van der Waals surface area contributed by atoms with E-state index in [0.29, 0.717) is 44.3 Å². The average Bonchev–Trinajstić information content (AvgIpc) is 2.80. The minimum atomic E-state index is 0.387. The largest absolute Gasteiger partial charge is 0.496 e. The molecule has 0 aliphatic carbocycles. The summed E-state index contributed by atoms with van der Waals surface area (Å²) in [5.41, 5.74) is 3.77. The van der Waals surface area contributed by atoms with Gasteiger partial charge in [0.2, 0.25) is 17.8 Å². The predicted molar refractivity (Wildman–Crippen MR) is 118 cm³/mol. The number of nitrogens with zero attached hydrogens (tertiary/aromatic N) is 6. The number of hydrogen-bond donors (Lipinski definition) is 1. The number of halogens is 1. The lowest BCUT2D eigenvalue weighted by Gasteiger charge is -2.30. The standard InChI is InChI=1S/C19H24BrN7O3/c1-28-16-3-2-15(20)12-14(16)13-21-25-17-22-18(26-4-8-29-9-5-26)24-19(23-17)27-6-10-30-11-7-27/h2-3,12-13H,4-11H2,1H3,(H,22,23,24,25). The Labute approximate surface area is 183 Å². The number of anilines is 3. The number of rotatable bonds is 6. The molecule has 30 heavy (non-hydrogen) atoms. The van der Waals surface area contributed by atoms with Crippen molar-refractivity contribution in [1.29, 1.82) is 0 Å². The van der Waals surface area contributed by atoms with E-state index in [9.17, 15) is 0 Å². The molecule has 0 amide bonds. The van der Waals surface area contributed by atoms with Gasteiger partial charge in [0.05, 0.1) is 39.8 Å². The first-order valence-electron chi connectivity index (χ1n) is 9.77. The number of methoxy groups -OCH3 is 1. The Kier molecular flexibility index (Phi) is 6.92. The molecule has 0 spiro atoms. The van der Waals surface area contributed by atoms with E-state index < -0.39 is 0 Å². The molecule has 11 heteroatoms. The number of hydrogen-bond acceptors (Lipinski definition) is 10. The molecule has 1 aromatic heterocycles. The van der Waals surface area contributed by atoms with Crippen LogP contribution in [-0.4, -0.2) is 80.9 Å². The maximum absolute atomic E-state index is 5.45. The van der Waals surface area contributed by atoms with Gasteiger partial charge in [0.1, 0.15) is 5.75 Å². The number of benzene rings is 1. The van der Waals surface area contributed by atoms with E-state index >= 15 is 0 Å². The molecule has 1 N–H and O–H groups in total. The highest BCUT2D eigenvalue weighted by atomic mass is 79.9. The van der Waals surface area contributed by atoms with Crippen LogP contribution in [0, 0.1) is 0 Å². The normalized spacial score (nSPS) is 17.4. The van der Waals surface area contributed by atoms with Crippen molar-refractivity contribution in [2.24, 2.45) is 5.10 Å². The Bertz CT molecular complexity index is 850. The lowest BCUT2D eigenvalue weighted by molar-refractivity contribution is 0.121. The molecule has 2 saturated heterocycles. The maximum atomic E-state index is 5.45. The van der Waals surface area contributed by atoms with Crippen molar-refractivity contribution in [3.05, 3.63) is 28.2 Å². The molecule has 2 aromatic rings. The first-order chi connectivity index (χ1) is 14.7. The molecule has 0 radical (unpaired) electrons. The third kappa shape index (κ3) is 5.15. The molecule has 0 unspecified atom stereocenters. The molecule has 0 bridgehead atoms. The second-order valence-electron chi connectivity index (χ2n) is 6.71. The third-order valence-electron chi connectivity index (χ3n) is 4.76. The van der Waals surface area contributed by atoms with Gasteiger partial charge in [0.25, 0.3) is 0 Å². The van der Waals surface area contributed by atoms with Crippen LogP contribution in [0.2, 0.25) is 0 Å². The van der Waals surface area contributed by atoms with Crippen LogP contribution < -0.4 is 20.0 Å². The highest BCUT2D eigenvalue weighted by molar-refractivity contribution is 9.10. The van der Waals surface area contributed by atoms with Crippen molar-refractivity contribution < 1.29 is 14.2 Å². The molecule has 2 aliphatic heterocycles. The van der Waals surface area contributed by atoms with E-state index in [-0.39, 0.29) is 0 Å². The van der Waals surface area contributed by atoms with Crippen molar-refractivity contribution in [3.8, 4) is 5.75 Å². The van der Waals surface area contributed by atoms with Gasteiger partial charge in [-0.25, -0.2) is 5.43 Å². The number of morpholine rings is 2. The van der Waals surface area contributed by atoms with Gasteiger partial charge >= 0.3 is 0 Å². The minimum absolute atomic E-state index is 0.387. The van der Waals surface area contributed by atoms with Gasteiger partial charge in [-0.2, -0.15) is 20.1 Å². The molecule has 10 nitrogen and oxygen atoms in total. The zero-order chi connectivity index (χ0) is 20.8. The zero-order valence-electron chi connectivity index (χ0n) is 16.8. The van der Waals surface area contributed by atoms with Crippen LogP contribution in [0.4, 0.5) is 17.8 Å². The van der Waals surface area contributed by atoms with Crippen LogP contribution in [0.1, 0.15) is 5.56 Å². The molecule has 1 aromatic carbocycles. The maximum Gasteiger partial charge on any atom is 0.250 e. The summed E-state index contributed by atoms with van der Waals surface area (Å²) in [6, 6.07) is 5.72. The zero-order valence-corrected chi connectivity index (χ0v) is 18.3. The lowest BCUT2D eigenvalue weighted by atomic mass is 10.2. The predicted octanol–water partition coefficient (Wildman–Crippen LogP) is 1.76. The van der Waals surface area contributed by atoms with Crippen molar-refractivity contribution in [3.63, 3.8) is 0 Å². The summed E-state index contributed by atoms with van der Waals surface area (Å²) in [7, 11) is 1.63. The first kappa shape index (κ1) is 20.8. The summed E-state index contributed by atoms with van der Waals surface area (Å²) in [4.78, 5) is 18.0. The van der Waals surface area contributed by atoms with Crippen LogP contribution >= 0.6 is 15.9 Å². The Morgan fingerprint density at radius 2 is 1.60 bits per heavy atom. The van der Waals surface area contributed by atoms with Crippen molar-refractivity contribution in [2.75, 3.05) is 74.9 Å². The molecule has 0 atom stereocenters. The highest BCUT2D eigenvalue weighted by Gasteiger charge is 2.20. The molecule has 160 valence electrons. The fraction of sp³-hybridized carbons (Fsp3) is 0.474. The minimum Gasteiger partial charge on any atom is -0.496 e. The molecule has 0 saturated carbocycles. The summed E-state index contributed by atoms with van der Waals surface area (Å²) in [6.07, 6.45) is 1.68. The fourth-order valence-electron chi connectivity index (χ4n) is 3.18. The average molecular weight is 478 g/mol. The number of aromatic nitrogens is 3. The molecule has 3 heterocycles. The molecular formula is C19H24BrN7O3. The Hall–Kier alpha value is -2.50. The Morgan fingerprint density at radius 3 is 2.17 bits per heavy atom. The monoisotopic (exact) mass is 477 g/mol. The van der Waals surface area contributed by atoms with Gasteiger partial charge in [0.15, 0.2) is 0 Å². The van der Waals surface area contributed by atoms with E-state index in [2.05, 4.69) is 51.2 Å². The summed E-state index contributed by atoms with van der Waals surface area (Å²) >= 11 is 3.47. The van der Waals surface area contributed by atoms with Crippen LogP contribution in [0.5, 0.6) is 5.75 Å². The first-order valence-corrected chi connectivity index (χ1v) is 10.6. The summed E-state index contributed by atoms with van der Waals surface area (Å²) < 4.78 is 17.2. The molecule has 4 rings (SSSR count). The van der Waals surface area contributed by atoms with Crippen LogP contribution in [0.15, 0.2) is 27.8 Å². The summed E-state index contributed by atoms with van der Waals surface area (Å²) in [6.45, 7) is 5.58. The van der Waals surface area contributed by atoms with Crippen LogP contribution in [0.3, 0.4) is 0 Å². The number of nitrogens with one attached hydrogen (secondary N) is 1. The number of ether oxygens (including phenoxy) is 3. The summed E-state index contributed by atoms with van der Waals surface area (Å²) in [5, 5.41) is 4.32. The van der Waals surface area contributed by atoms with Crippen LogP contribution in [-0.2, 0) is 9.47 Å². The highest BCUT2D eigenvalue weighted by Crippen LogP contribution is 2.22. The van der Waals surface area contributed by atoms with Crippen LogP contribution in [0.25, 0.3) is 0 Å². The quantitative estimate of drug-likeness (QED) is 0.492. The van der Waals surface area contributed by atoms with Gasteiger partial charge in [-0.05, 0) is 18.2 Å². The molecular weight excluding hydrogens is 454 g/mol. The van der Waals surface area contributed by atoms with Gasteiger partial charge in [-0.1, -0.05) is 15.9 Å². The SMILES string of the molecule is COc1ccc(Br)cc1C=NNc1nc(N2CCOCC2)nc(N2CCOCC2)n1. The van der Waals surface area contributed by atoms with Gasteiger partial charge in [-0.15, -0.1) is 0 Å².